The molecule has 0 unspecified atom stereocenters. The van der Waals surface area contributed by atoms with E-state index in [1.807, 2.05) is 4.72 Å². The number of rotatable bonds is 5. The van der Waals surface area contributed by atoms with Crippen LogP contribution in [0.15, 0.2) is 21.5 Å². The number of nitrogens with one attached hydrogen (secondary N) is 2. The molecule has 10 heteroatoms. The molecule has 1 amide bonds. The van der Waals surface area contributed by atoms with Crippen molar-refractivity contribution in [2.45, 2.75) is 4.90 Å². The van der Waals surface area contributed by atoms with Crippen LogP contribution in [0, 0.1) is 11.6 Å². The highest BCUT2D eigenvalue weighted by molar-refractivity contribution is 9.10. The minimum absolute atomic E-state index is 0.268. The smallest absolute Gasteiger partial charge is 0.249 e. The maximum atomic E-state index is 13.5. The normalized spacial score (nSPS) is 11.7. The van der Waals surface area contributed by atoms with Gasteiger partial charge in [-0.2, -0.15) is 0 Å². The summed E-state index contributed by atoms with van der Waals surface area (Å²) in [4.78, 5) is 10.6. The third-order valence-electron chi connectivity index (χ3n) is 2.00. The van der Waals surface area contributed by atoms with Crippen molar-refractivity contribution < 1.29 is 22.0 Å². The molecule has 0 fully saturated rings. The summed E-state index contributed by atoms with van der Waals surface area (Å²) >= 11 is 2.77. The van der Waals surface area contributed by atoms with Crippen LogP contribution >= 0.6 is 15.9 Å². The number of nitrogens with zero attached hydrogens (tertiary/aromatic N) is 1. The van der Waals surface area contributed by atoms with E-state index in [0.29, 0.717) is 6.07 Å². The summed E-state index contributed by atoms with van der Waals surface area (Å²) < 4.78 is 51.9. The molecule has 112 valence electrons. The average Bonchev–Trinajstić information content (AvgIpc) is 2.23. The van der Waals surface area contributed by atoms with Gasteiger partial charge in [-0.25, -0.2) is 26.9 Å². The first kappa shape index (κ1) is 17.0. The van der Waals surface area contributed by atoms with Gasteiger partial charge in [-0.15, -0.1) is 0 Å². The van der Waals surface area contributed by atoms with Gasteiger partial charge in [0.15, 0.2) is 0 Å². The summed E-state index contributed by atoms with van der Waals surface area (Å²) in [6.45, 7) is -0.580. The Hall–Kier alpha value is -1.10. The molecular formula is C10H12BrF2N3O3S. The summed E-state index contributed by atoms with van der Waals surface area (Å²) in [5.41, 5.74) is 2.31. The molecule has 0 bridgehead atoms. The van der Waals surface area contributed by atoms with Crippen LogP contribution in [0.4, 0.5) is 8.78 Å². The molecule has 0 radical (unpaired) electrons. The quantitative estimate of drug-likeness (QED) is 0.742. The third kappa shape index (κ3) is 4.47. The summed E-state index contributed by atoms with van der Waals surface area (Å²) in [5.74, 6) is -2.80. The van der Waals surface area contributed by atoms with Crippen molar-refractivity contribution in [2.24, 2.45) is 0 Å². The van der Waals surface area contributed by atoms with Gasteiger partial charge in [0.2, 0.25) is 15.9 Å². The number of carbonyl (C=O) groups excluding carboxylic acids is 1. The van der Waals surface area contributed by atoms with Gasteiger partial charge < -0.3 is 0 Å². The lowest BCUT2D eigenvalue weighted by atomic mass is 10.3. The van der Waals surface area contributed by atoms with Crippen molar-refractivity contribution in [3.05, 3.63) is 28.2 Å². The number of carbonyl (C=O) groups is 1. The minimum Gasteiger partial charge on any atom is -0.288 e. The Morgan fingerprint density at radius 3 is 2.45 bits per heavy atom. The van der Waals surface area contributed by atoms with Crippen molar-refractivity contribution in [1.29, 1.82) is 0 Å². The average molecular weight is 372 g/mol. The van der Waals surface area contributed by atoms with Crippen molar-refractivity contribution in [3.63, 3.8) is 0 Å². The Balaban J connectivity index is 2.93. The largest absolute Gasteiger partial charge is 0.288 e. The van der Waals surface area contributed by atoms with Gasteiger partial charge in [-0.05, 0) is 22.0 Å². The Morgan fingerprint density at radius 2 is 1.95 bits per heavy atom. The highest BCUT2D eigenvalue weighted by Gasteiger charge is 2.24. The van der Waals surface area contributed by atoms with E-state index in [0.717, 1.165) is 6.07 Å². The third-order valence-corrected chi connectivity index (χ3v) is 4.37. The predicted octanol–water partition coefficient (Wildman–Crippen LogP) is 0.598. The number of halogens is 3. The Morgan fingerprint density at radius 1 is 1.35 bits per heavy atom. The zero-order chi connectivity index (χ0) is 15.5. The molecule has 0 aliphatic carbocycles. The van der Waals surface area contributed by atoms with E-state index < -0.39 is 39.0 Å². The maximum Gasteiger partial charge on any atom is 0.249 e. The molecule has 1 rings (SSSR count). The molecule has 0 heterocycles. The number of benzene rings is 1. The molecular weight excluding hydrogens is 360 g/mol. The van der Waals surface area contributed by atoms with Crippen LogP contribution in [0.25, 0.3) is 0 Å². The van der Waals surface area contributed by atoms with Crippen LogP contribution in [-0.2, 0) is 14.8 Å². The van der Waals surface area contributed by atoms with Crippen molar-refractivity contribution in [2.75, 3.05) is 20.6 Å². The standard InChI is InChI=1S/C10H12BrF2N3O3S/c1-16(2)15-9(17)5-14-20(18,19)10-7(11)3-6(12)4-8(10)13/h3-4,14H,5H2,1-2H3,(H,15,17). The summed E-state index contributed by atoms with van der Waals surface area (Å²) in [6.07, 6.45) is 0. The maximum absolute atomic E-state index is 13.5. The highest BCUT2D eigenvalue weighted by Crippen LogP contribution is 2.25. The van der Waals surface area contributed by atoms with E-state index in [9.17, 15) is 22.0 Å². The fraction of sp³-hybridized carbons (Fsp3) is 0.300. The van der Waals surface area contributed by atoms with Gasteiger partial charge in [-0.1, -0.05) is 0 Å². The fourth-order valence-electron chi connectivity index (χ4n) is 1.31. The molecule has 0 saturated heterocycles. The number of hydrazine groups is 1. The summed E-state index contributed by atoms with van der Waals surface area (Å²) in [7, 11) is -1.20. The molecule has 0 aliphatic rings. The molecule has 6 nitrogen and oxygen atoms in total. The summed E-state index contributed by atoms with van der Waals surface area (Å²) in [5, 5.41) is 1.32. The predicted molar refractivity (Wildman–Crippen MR) is 71.1 cm³/mol. The number of hydrogen-bond donors (Lipinski definition) is 2. The van der Waals surface area contributed by atoms with Gasteiger partial charge in [0.1, 0.15) is 16.5 Å². The lowest BCUT2D eigenvalue weighted by Gasteiger charge is -2.13. The van der Waals surface area contributed by atoms with Gasteiger partial charge in [-0.3, -0.25) is 10.2 Å². The molecule has 0 atom stereocenters. The molecule has 1 aromatic rings. The summed E-state index contributed by atoms with van der Waals surface area (Å²) in [6, 6.07) is 1.26. The van der Waals surface area contributed by atoms with Crippen molar-refractivity contribution in [1.82, 2.24) is 15.2 Å². The fourth-order valence-corrected chi connectivity index (χ4v) is 3.45. The van der Waals surface area contributed by atoms with E-state index in [2.05, 4.69) is 21.4 Å². The second kappa shape index (κ2) is 6.57. The van der Waals surface area contributed by atoms with Crippen molar-refractivity contribution in [3.8, 4) is 0 Å². The van der Waals surface area contributed by atoms with Gasteiger partial charge >= 0.3 is 0 Å². The van der Waals surface area contributed by atoms with Gasteiger partial charge in [0.05, 0.1) is 6.54 Å². The van der Waals surface area contributed by atoms with Crippen LogP contribution in [0.1, 0.15) is 0 Å². The molecule has 1 aromatic carbocycles. The van der Waals surface area contributed by atoms with Crippen LogP contribution in [0.5, 0.6) is 0 Å². The van der Waals surface area contributed by atoms with E-state index in [1.165, 1.54) is 5.01 Å². The van der Waals surface area contributed by atoms with E-state index >= 15 is 0 Å². The van der Waals surface area contributed by atoms with Crippen LogP contribution < -0.4 is 10.1 Å². The van der Waals surface area contributed by atoms with Gasteiger partial charge in [0.25, 0.3) is 0 Å². The number of hydrogen-bond acceptors (Lipinski definition) is 4. The van der Waals surface area contributed by atoms with Gasteiger partial charge in [0, 0.05) is 24.6 Å². The Bertz CT molecular complexity index is 599. The first-order valence-electron chi connectivity index (χ1n) is 5.24. The van der Waals surface area contributed by atoms with Crippen LogP contribution in [-0.4, -0.2) is 40.0 Å². The zero-order valence-corrected chi connectivity index (χ0v) is 13.0. The molecule has 0 aliphatic heterocycles. The highest BCUT2D eigenvalue weighted by atomic mass is 79.9. The first-order chi connectivity index (χ1) is 9.13. The van der Waals surface area contributed by atoms with Crippen LogP contribution in [0.2, 0.25) is 0 Å². The lowest BCUT2D eigenvalue weighted by Crippen LogP contribution is -2.43. The van der Waals surface area contributed by atoms with E-state index in [-0.39, 0.29) is 4.47 Å². The number of amides is 1. The van der Waals surface area contributed by atoms with Crippen LogP contribution in [0.3, 0.4) is 0 Å². The monoisotopic (exact) mass is 371 g/mol. The second-order valence-electron chi connectivity index (χ2n) is 3.95. The Labute approximate surface area is 123 Å². The molecule has 2 N–H and O–H groups in total. The molecule has 20 heavy (non-hydrogen) atoms. The SMILES string of the molecule is CN(C)NC(=O)CNS(=O)(=O)c1c(F)cc(F)cc1Br. The topological polar surface area (TPSA) is 78.5 Å². The van der Waals surface area contributed by atoms with Crippen molar-refractivity contribution >= 4 is 31.9 Å². The first-order valence-corrected chi connectivity index (χ1v) is 7.52. The second-order valence-corrected chi connectivity index (χ2v) is 6.51. The lowest BCUT2D eigenvalue weighted by molar-refractivity contribution is -0.123. The van der Waals surface area contributed by atoms with E-state index in [1.54, 1.807) is 14.1 Å². The number of sulfonamides is 1. The Kier molecular flexibility index (Phi) is 5.57. The molecule has 0 saturated carbocycles. The molecule has 0 aromatic heterocycles. The minimum atomic E-state index is -4.29. The zero-order valence-electron chi connectivity index (χ0n) is 10.6. The van der Waals surface area contributed by atoms with E-state index in [4.69, 9.17) is 0 Å². The molecule has 0 spiro atoms.